The molecule has 4 rings (SSSR count). The molecule has 28 heavy (non-hydrogen) atoms. The van der Waals surface area contributed by atoms with Gasteiger partial charge in [-0.1, -0.05) is 5.92 Å². The summed E-state index contributed by atoms with van der Waals surface area (Å²) in [7, 11) is 0. The first kappa shape index (κ1) is 18.7. The largest absolute Gasteiger partial charge is 0.381 e. The number of alkyl halides is 1. The molecular formula is C20H24FN5O2. The number of carbonyl (C=O) groups excluding carboxylic acids is 1. The fourth-order valence-corrected chi connectivity index (χ4v) is 4.03. The van der Waals surface area contributed by atoms with Crippen molar-refractivity contribution in [3.05, 3.63) is 18.1 Å². The van der Waals surface area contributed by atoms with Crippen LogP contribution in [-0.4, -0.2) is 64.3 Å². The number of hydrogen-bond acceptors (Lipinski definition) is 5. The predicted octanol–water partition coefficient (Wildman–Crippen LogP) is 2.23. The van der Waals surface area contributed by atoms with Gasteiger partial charge in [0.1, 0.15) is 24.0 Å². The van der Waals surface area contributed by atoms with E-state index in [4.69, 9.17) is 4.74 Å². The summed E-state index contributed by atoms with van der Waals surface area (Å²) in [5, 5.41) is 4.15. The van der Waals surface area contributed by atoms with Gasteiger partial charge in [0.2, 0.25) is 0 Å². The highest BCUT2D eigenvalue weighted by Gasteiger charge is 2.32. The standard InChI is InChI=1S/C20H24FN5O2/c1-2-3-17(27)26-7-4-15(21)16(11-26)25-20-18-14(13-5-8-28-9-6-13)10-22-19(18)23-12-24-20/h10,12-13,15-16H,4-9,11H2,1H3,(H2,22,23,24,25)/t15-,16-/m0/s1. The molecule has 1 amide bonds. The fraction of sp³-hybridized carbons (Fsp3) is 0.550. The highest BCUT2D eigenvalue weighted by molar-refractivity contribution is 5.94. The van der Waals surface area contributed by atoms with E-state index in [2.05, 4.69) is 32.1 Å². The predicted molar refractivity (Wildman–Crippen MR) is 104 cm³/mol. The lowest BCUT2D eigenvalue weighted by Crippen LogP contribution is -2.50. The number of fused-ring (bicyclic) bond motifs is 1. The number of likely N-dealkylation sites (tertiary alicyclic amines) is 1. The van der Waals surface area contributed by atoms with E-state index in [1.54, 1.807) is 11.8 Å². The van der Waals surface area contributed by atoms with Gasteiger partial charge in [-0.05, 0) is 43.6 Å². The second-order valence-electron chi connectivity index (χ2n) is 7.26. The third kappa shape index (κ3) is 3.67. The summed E-state index contributed by atoms with van der Waals surface area (Å²) in [4.78, 5) is 25.6. The van der Waals surface area contributed by atoms with Gasteiger partial charge in [-0.2, -0.15) is 0 Å². The maximum atomic E-state index is 14.6. The van der Waals surface area contributed by atoms with Gasteiger partial charge in [-0.15, -0.1) is 0 Å². The summed E-state index contributed by atoms with van der Waals surface area (Å²) < 4.78 is 20.1. The molecule has 0 saturated carbocycles. The van der Waals surface area contributed by atoms with Crippen LogP contribution in [0.2, 0.25) is 0 Å². The highest BCUT2D eigenvalue weighted by Crippen LogP contribution is 2.35. The van der Waals surface area contributed by atoms with Crippen molar-refractivity contribution in [2.24, 2.45) is 0 Å². The monoisotopic (exact) mass is 385 g/mol. The topological polar surface area (TPSA) is 83.1 Å². The second kappa shape index (κ2) is 8.15. The fourth-order valence-electron chi connectivity index (χ4n) is 4.03. The van der Waals surface area contributed by atoms with Crippen LogP contribution in [-0.2, 0) is 9.53 Å². The summed E-state index contributed by atoms with van der Waals surface area (Å²) in [6.45, 7) is 3.73. The maximum absolute atomic E-state index is 14.6. The molecule has 4 heterocycles. The van der Waals surface area contributed by atoms with Crippen molar-refractivity contribution < 1.29 is 13.9 Å². The first-order valence-electron chi connectivity index (χ1n) is 9.69. The van der Waals surface area contributed by atoms with Gasteiger partial charge in [-0.25, -0.2) is 14.4 Å². The van der Waals surface area contributed by atoms with Crippen LogP contribution in [0.25, 0.3) is 11.0 Å². The third-order valence-corrected chi connectivity index (χ3v) is 5.53. The molecule has 0 radical (unpaired) electrons. The van der Waals surface area contributed by atoms with Crippen molar-refractivity contribution in [1.29, 1.82) is 0 Å². The minimum atomic E-state index is -1.06. The molecule has 2 aromatic heterocycles. The van der Waals surface area contributed by atoms with E-state index in [9.17, 15) is 9.18 Å². The first-order valence-corrected chi connectivity index (χ1v) is 9.69. The van der Waals surface area contributed by atoms with Crippen LogP contribution < -0.4 is 5.32 Å². The first-order chi connectivity index (χ1) is 13.7. The maximum Gasteiger partial charge on any atom is 0.298 e. The Morgan fingerprint density at radius 3 is 2.96 bits per heavy atom. The molecule has 2 saturated heterocycles. The lowest BCUT2D eigenvalue weighted by molar-refractivity contribution is -0.126. The smallest absolute Gasteiger partial charge is 0.298 e. The Kier molecular flexibility index (Phi) is 5.44. The molecule has 0 unspecified atom stereocenters. The third-order valence-electron chi connectivity index (χ3n) is 5.53. The van der Waals surface area contributed by atoms with Gasteiger partial charge in [-0.3, -0.25) is 4.79 Å². The number of rotatable bonds is 3. The minimum absolute atomic E-state index is 0.261. The minimum Gasteiger partial charge on any atom is -0.381 e. The summed E-state index contributed by atoms with van der Waals surface area (Å²) in [5.41, 5.74) is 1.87. The zero-order chi connectivity index (χ0) is 19.5. The Labute approximate surface area is 163 Å². The number of nitrogens with one attached hydrogen (secondary N) is 2. The van der Waals surface area contributed by atoms with Crippen LogP contribution in [0.4, 0.5) is 10.2 Å². The van der Waals surface area contributed by atoms with Crippen LogP contribution in [0.3, 0.4) is 0 Å². The lowest BCUT2D eigenvalue weighted by Gasteiger charge is -2.34. The van der Waals surface area contributed by atoms with Crippen molar-refractivity contribution in [3.8, 4) is 11.8 Å². The van der Waals surface area contributed by atoms with E-state index in [1.807, 2.05) is 6.20 Å². The van der Waals surface area contributed by atoms with Crippen LogP contribution in [0, 0.1) is 11.8 Å². The summed E-state index contributed by atoms with van der Waals surface area (Å²) in [5.74, 6) is 5.85. The number of hydrogen-bond donors (Lipinski definition) is 2. The molecule has 0 aromatic carbocycles. The number of aromatic amines is 1. The van der Waals surface area contributed by atoms with Crippen molar-refractivity contribution in [2.75, 3.05) is 31.6 Å². The van der Waals surface area contributed by atoms with E-state index in [-0.39, 0.29) is 18.9 Å². The Balaban J connectivity index is 1.60. The van der Waals surface area contributed by atoms with E-state index in [1.165, 1.54) is 6.33 Å². The van der Waals surface area contributed by atoms with E-state index >= 15 is 0 Å². The Morgan fingerprint density at radius 1 is 1.36 bits per heavy atom. The number of nitrogens with zero attached hydrogens (tertiary/aromatic N) is 3. The Hall–Kier alpha value is -2.66. The van der Waals surface area contributed by atoms with E-state index in [0.717, 1.165) is 42.7 Å². The molecule has 2 N–H and O–H groups in total. The summed E-state index contributed by atoms with van der Waals surface area (Å²) in [6.07, 6.45) is 4.54. The molecule has 2 aliphatic rings. The number of anilines is 1. The van der Waals surface area contributed by atoms with Gasteiger partial charge in [0.05, 0.1) is 11.4 Å². The zero-order valence-electron chi connectivity index (χ0n) is 15.9. The van der Waals surface area contributed by atoms with Crippen molar-refractivity contribution in [3.63, 3.8) is 0 Å². The molecule has 0 spiro atoms. The number of carbonyl (C=O) groups is 1. The molecular weight excluding hydrogens is 361 g/mol. The highest BCUT2D eigenvalue weighted by atomic mass is 19.1. The molecule has 2 aliphatic heterocycles. The van der Waals surface area contributed by atoms with Crippen molar-refractivity contribution in [2.45, 2.75) is 44.3 Å². The van der Waals surface area contributed by atoms with Gasteiger partial charge < -0.3 is 19.9 Å². The average Bonchev–Trinajstić information content (AvgIpc) is 3.16. The number of amides is 1. The zero-order valence-corrected chi connectivity index (χ0v) is 15.9. The number of aromatic nitrogens is 3. The van der Waals surface area contributed by atoms with Crippen LogP contribution in [0.5, 0.6) is 0 Å². The normalized spacial score (nSPS) is 23.3. The van der Waals surface area contributed by atoms with Crippen LogP contribution >= 0.6 is 0 Å². The lowest BCUT2D eigenvalue weighted by atomic mass is 9.92. The number of halogens is 1. The molecule has 7 nitrogen and oxygen atoms in total. The molecule has 2 fully saturated rings. The Bertz CT molecular complexity index is 912. The number of ether oxygens (including phenoxy) is 1. The van der Waals surface area contributed by atoms with Crippen molar-refractivity contribution in [1.82, 2.24) is 19.9 Å². The summed E-state index contributed by atoms with van der Waals surface area (Å²) >= 11 is 0. The van der Waals surface area contributed by atoms with Gasteiger partial charge in [0.15, 0.2) is 0 Å². The molecule has 0 bridgehead atoms. The van der Waals surface area contributed by atoms with Crippen LogP contribution in [0.1, 0.15) is 37.7 Å². The molecule has 2 atom stereocenters. The molecule has 2 aromatic rings. The van der Waals surface area contributed by atoms with Crippen LogP contribution in [0.15, 0.2) is 12.5 Å². The van der Waals surface area contributed by atoms with Gasteiger partial charge in [0.25, 0.3) is 5.91 Å². The second-order valence-corrected chi connectivity index (χ2v) is 7.26. The molecule has 8 heteroatoms. The summed E-state index contributed by atoms with van der Waals surface area (Å²) in [6, 6.07) is -0.535. The number of piperidine rings is 1. The van der Waals surface area contributed by atoms with Gasteiger partial charge in [0, 0.05) is 32.5 Å². The molecule has 0 aliphatic carbocycles. The Morgan fingerprint density at radius 2 is 2.18 bits per heavy atom. The average molecular weight is 385 g/mol. The van der Waals surface area contributed by atoms with Gasteiger partial charge >= 0.3 is 0 Å². The molecule has 148 valence electrons. The van der Waals surface area contributed by atoms with E-state index in [0.29, 0.717) is 18.3 Å². The van der Waals surface area contributed by atoms with Crippen molar-refractivity contribution >= 4 is 22.8 Å². The van der Waals surface area contributed by atoms with E-state index < -0.39 is 12.2 Å². The quantitative estimate of drug-likeness (QED) is 0.792. The number of H-pyrrole nitrogens is 1. The SMILES string of the molecule is CC#CC(=O)N1CC[C@H](F)[C@@H](Nc2ncnc3[nH]cc(C4CCOCC4)c23)C1.